The molecule has 0 aliphatic heterocycles. The molecule has 0 aromatic rings. The number of hydrogen-bond acceptors (Lipinski definition) is 3. The van der Waals surface area contributed by atoms with Crippen molar-refractivity contribution in [3.63, 3.8) is 0 Å². The number of carboxylic acid groups (broad SMARTS) is 1. The third-order valence-corrected chi connectivity index (χ3v) is 4.93. The predicted molar refractivity (Wildman–Crippen MR) is 72.7 cm³/mol. The molecule has 1 N–H and O–H groups in total. The summed E-state index contributed by atoms with van der Waals surface area (Å²) in [5, 5.41) is 9.43. The van der Waals surface area contributed by atoms with Gasteiger partial charge in [-0.1, -0.05) is 27.2 Å². The van der Waals surface area contributed by atoms with Crippen molar-refractivity contribution in [1.29, 1.82) is 0 Å². The molecule has 0 saturated heterocycles. The Morgan fingerprint density at radius 1 is 1.26 bits per heavy atom. The van der Waals surface area contributed by atoms with Crippen molar-refractivity contribution in [2.45, 2.75) is 59.8 Å². The van der Waals surface area contributed by atoms with Crippen LogP contribution in [-0.2, 0) is 14.3 Å². The van der Waals surface area contributed by atoms with Crippen LogP contribution in [0.4, 0.5) is 0 Å². The van der Waals surface area contributed by atoms with Crippen LogP contribution in [0, 0.1) is 16.7 Å². The Kier molecular flexibility index (Phi) is 4.99. The van der Waals surface area contributed by atoms with Crippen LogP contribution in [0.2, 0.25) is 0 Å². The molecule has 0 aromatic carbocycles. The summed E-state index contributed by atoms with van der Waals surface area (Å²) in [4.78, 5) is 23.5. The van der Waals surface area contributed by atoms with Gasteiger partial charge in [0.2, 0.25) is 0 Å². The molecule has 1 aliphatic rings. The minimum atomic E-state index is -1.31. The average molecular weight is 270 g/mol. The zero-order valence-corrected chi connectivity index (χ0v) is 12.5. The Balaban J connectivity index is 2.81. The summed E-state index contributed by atoms with van der Waals surface area (Å²) < 4.78 is 4.97. The van der Waals surface area contributed by atoms with E-state index in [1.807, 2.05) is 0 Å². The molecule has 1 saturated carbocycles. The van der Waals surface area contributed by atoms with Crippen LogP contribution in [0.3, 0.4) is 0 Å². The van der Waals surface area contributed by atoms with E-state index >= 15 is 0 Å². The van der Waals surface area contributed by atoms with Gasteiger partial charge in [0.25, 0.3) is 0 Å². The predicted octanol–water partition coefficient (Wildman–Crippen LogP) is 3.25. The van der Waals surface area contributed by atoms with Crippen LogP contribution >= 0.6 is 0 Å². The largest absolute Gasteiger partial charge is 0.480 e. The van der Waals surface area contributed by atoms with Crippen LogP contribution in [-0.4, -0.2) is 23.7 Å². The molecule has 0 aromatic heterocycles. The van der Waals surface area contributed by atoms with Gasteiger partial charge in [-0.3, -0.25) is 9.59 Å². The molecule has 110 valence electrons. The van der Waals surface area contributed by atoms with Gasteiger partial charge in [-0.15, -0.1) is 0 Å². The molecular formula is C15H26O4. The molecule has 1 fully saturated rings. The van der Waals surface area contributed by atoms with E-state index in [2.05, 4.69) is 20.8 Å². The van der Waals surface area contributed by atoms with E-state index in [9.17, 15) is 14.7 Å². The van der Waals surface area contributed by atoms with Gasteiger partial charge in [-0.05, 0) is 43.9 Å². The molecule has 0 atom stereocenters. The molecule has 0 spiro atoms. The first-order chi connectivity index (χ1) is 8.80. The van der Waals surface area contributed by atoms with E-state index < -0.39 is 17.4 Å². The maximum absolute atomic E-state index is 12.0. The van der Waals surface area contributed by atoms with E-state index in [0.717, 1.165) is 19.3 Å². The van der Waals surface area contributed by atoms with Crippen molar-refractivity contribution in [2.24, 2.45) is 16.7 Å². The maximum Gasteiger partial charge on any atom is 0.323 e. The minimum Gasteiger partial charge on any atom is -0.480 e. The first-order valence-corrected chi connectivity index (χ1v) is 7.20. The van der Waals surface area contributed by atoms with Crippen molar-refractivity contribution in [1.82, 2.24) is 0 Å². The van der Waals surface area contributed by atoms with Crippen molar-refractivity contribution in [3.05, 3.63) is 0 Å². The summed E-state index contributed by atoms with van der Waals surface area (Å²) in [6.07, 6.45) is 3.43. The van der Waals surface area contributed by atoms with Crippen LogP contribution in [0.25, 0.3) is 0 Å². The number of rotatable bonds is 5. The normalized spacial score (nSPS) is 27.9. The highest BCUT2D eigenvalue weighted by molar-refractivity contribution is 5.99. The van der Waals surface area contributed by atoms with Gasteiger partial charge in [-0.2, -0.15) is 0 Å². The monoisotopic (exact) mass is 270 g/mol. The molecule has 1 aliphatic carbocycles. The quantitative estimate of drug-likeness (QED) is 0.615. The fourth-order valence-corrected chi connectivity index (χ4v) is 2.96. The molecule has 4 nitrogen and oxygen atoms in total. The average Bonchev–Trinajstić information content (AvgIpc) is 2.38. The highest BCUT2D eigenvalue weighted by atomic mass is 16.5. The van der Waals surface area contributed by atoms with Crippen molar-refractivity contribution in [3.8, 4) is 0 Å². The summed E-state index contributed by atoms with van der Waals surface area (Å²) in [5.74, 6) is -1.10. The number of ether oxygens (including phenoxy) is 1. The van der Waals surface area contributed by atoms with Crippen LogP contribution < -0.4 is 0 Å². The van der Waals surface area contributed by atoms with E-state index in [1.165, 1.54) is 0 Å². The Bertz CT molecular complexity index is 338. The van der Waals surface area contributed by atoms with E-state index in [0.29, 0.717) is 18.8 Å². The zero-order chi connectivity index (χ0) is 14.7. The number of carbonyl (C=O) groups excluding carboxylic acids is 1. The van der Waals surface area contributed by atoms with Gasteiger partial charge in [0.15, 0.2) is 5.41 Å². The van der Waals surface area contributed by atoms with Crippen LogP contribution in [0.5, 0.6) is 0 Å². The summed E-state index contributed by atoms with van der Waals surface area (Å²) in [5.41, 5.74) is -1.10. The fraction of sp³-hybridized carbons (Fsp3) is 0.867. The lowest BCUT2D eigenvalue weighted by molar-refractivity contribution is -0.172. The maximum atomic E-state index is 12.0. The van der Waals surface area contributed by atoms with Gasteiger partial charge < -0.3 is 9.84 Å². The van der Waals surface area contributed by atoms with Crippen LogP contribution in [0.1, 0.15) is 59.8 Å². The first kappa shape index (κ1) is 16.0. The first-order valence-electron chi connectivity index (χ1n) is 7.20. The Morgan fingerprint density at radius 3 is 2.16 bits per heavy atom. The second-order valence-corrected chi connectivity index (χ2v) is 6.22. The minimum absolute atomic E-state index is 0.208. The molecule has 0 unspecified atom stereocenters. The van der Waals surface area contributed by atoms with Crippen molar-refractivity contribution >= 4 is 11.9 Å². The Hall–Kier alpha value is -1.06. The number of esters is 1. The van der Waals surface area contributed by atoms with Gasteiger partial charge >= 0.3 is 11.9 Å². The Morgan fingerprint density at radius 2 is 1.79 bits per heavy atom. The molecule has 0 radical (unpaired) electrons. The van der Waals surface area contributed by atoms with E-state index in [1.54, 1.807) is 6.92 Å². The second-order valence-electron chi connectivity index (χ2n) is 6.22. The van der Waals surface area contributed by atoms with Crippen LogP contribution in [0.15, 0.2) is 0 Å². The zero-order valence-electron chi connectivity index (χ0n) is 12.5. The second kappa shape index (κ2) is 5.93. The van der Waals surface area contributed by atoms with Gasteiger partial charge in [0.05, 0.1) is 6.61 Å². The smallest absolute Gasteiger partial charge is 0.323 e. The van der Waals surface area contributed by atoms with E-state index in [4.69, 9.17) is 4.74 Å². The number of carbonyl (C=O) groups is 2. The topological polar surface area (TPSA) is 63.6 Å². The summed E-state index contributed by atoms with van der Waals surface area (Å²) in [6, 6.07) is 0. The van der Waals surface area contributed by atoms with Crippen molar-refractivity contribution < 1.29 is 19.4 Å². The third-order valence-electron chi connectivity index (χ3n) is 4.93. The molecule has 0 amide bonds. The molecule has 0 bridgehead atoms. The fourth-order valence-electron chi connectivity index (χ4n) is 2.96. The van der Waals surface area contributed by atoms with Gasteiger partial charge in [-0.25, -0.2) is 0 Å². The highest BCUT2D eigenvalue weighted by Gasteiger charge is 2.51. The Labute approximate surface area is 115 Å². The third kappa shape index (κ3) is 3.10. The lowest BCUT2D eigenvalue weighted by atomic mass is 9.62. The molecule has 1 rings (SSSR count). The summed E-state index contributed by atoms with van der Waals surface area (Å²) in [6.45, 7) is 8.53. The number of aliphatic carboxylic acids is 1. The van der Waals surface area contributed by atoms with E-state index in [-0.39, 0.29) is 12.0 Å². The lowest BCUT2D eigenvalue weighted by Gasteiger charge is -2.41. The standard InChI is InChI=1S/C15H26O4/c1-5-14(3,4)11-7-9-15(10-8-11,12(16)17)13(18)19-6-2/h11H,5-10H2,1-4H3,(H,16,17). The summed E-state index contributed by atoms with van der Waals surface area (Å²) in [7, 11) is 0. The molecular weight excluding hydrogens is 244 g/mol. The summed E-state index contributed by atoms with van der Waals surface area (Å²) >= 11 is 0. The molecule has 4 heteroatoms. The lowest BCUT2D eigenvalue weighted by Crippen LogP contribution is -2.45. The number of carboxylic acids is 1. The van der Waals surface area contributed by atoms with Crippen molar-refractivity contribution in [2.75, 3.05) is 6.61 Å². The number of hydrogen-bond donors (Lipinski definition) is 1. The van der Waals surface area contributed by atoms with Gasteiger partial charge in [0, 0.05) is 0 Å². The molecule has 0 heterocycles. The SMILES string of the molecule is CCOC(=O)C1(C(=O)O)CCC(C(C)(C)CC)CC1. The van der Waals surface area contributed by atoms with Gasteiger partial charge in [0.1, 0.15) is 0 Å². The highest BCUT2D eigenvalue weighted by Crippen LogP contribution is 2.47. The molecule has 19 heavy (non-hydrogen) atoms.